The third kappa shape index (κ3) is 21.0. The van der Waals surface area contributed by atoms with E-state index in [4.69, 9.17) is 49.0 Å². The second-order valence-electron chi connectivity index (χ2n) is 29.2. The van der Waals surface area contributed by atoms with Crippen LogP contribution >= 0.6 is 34.8 Å². The zero-order valence-electron chi connectivity index (χ0n) is 61.3. The number of rotatable bonds is 18. The quantitative estimate of drug-likeness (QED) is 0.0269. The molecule has 0 aromatic heterocycles. The molecule has 3 amide bonds. The Kier molecular flexibility index (Phi) is 27.5. The molecule has 4 N–H and O–H groups in total. The lowest BCUT2D eigenvalue weighted by Crippen LogP contribution is -2.56. The average molecular weight is 1590 g/mol. The van der Waals surface area contributed by atoms with Crippen molar-refractivity contribution in [3.8, 4) is 0 Å². The molecule has 0 radical (unpaired) electrons. The number of ketones is 7. The largest absolute Gasteiger partial charge is 0.478 e. The summed E-state index contributed by atoms with van der Waals surface area (Å²) in [5, 5.41) is 40.8. The molecular weight excluding hydrogens is 1510 g/mol. The Morgan fingerprint density at radius 1 is 0.445 bits per heavy atom. The van der Waals surface area contributed by atoms with Gasteiger partial charge < -0.3 is 49.3 Å². The summed E-state index contributed by atoms with van der Waals surface area (Å²) in [6.07, 6.45) is -2.95. The van der Waals surface area contributed by atoms with Crippen LogP contribution in [0.1, 0.15) is 219 Å². The SMILES string of the molecule is CC(C)(C)OC(=O)N1CCC(C(=O)c2cc(F)c(C(=O)c3ccc(Cl)cc3)c(C(=O)O)c2)CC1.CC(C)(C)OC(=O)N1CCC(F)(C(=O)c2cc(F)c(C(=O)c3ccc(Cl)cc3)c(C(=O)C(=O)O)c2)CC1.CCC(O)(c1cc(F)c(C(=O)c2ccc(Cl)cc2)c(C(=O)C(=O)O)c1)C1(F)CCN(C(=O)OC(C)(C)C)CC1. The van der Waals surface area contributed by atoms with Gasteiger partial charge in [-0.25, -0.2) is 50.7 Å². The first kappa shape index (κ1) is 86.9. The number of nitrogens with zero attached hydrogens (tertiary/aromatic N) is 3. The van der Waals surface area contributed by atoms with E-state index in [1.54, 1.807) is 62.3 Å². The van der Waals surface area contributed by atoms with Gasteiger partial charge in [-0.1, -0.05) is 41.7 Å². The number of carboxylic acid groups (broad SMARTS) is 3. The molecule has 3 aliphatic heterocycles. The number of Topliss-reactive ketones (excluding diaryl/α,β-unsaturated/α-hetero) is 4. The number of carbonyl (C=O) groups excluding carboxylic acids is 10. The summed E-state index contributed by atoms with van der Waals surface area (Å²) >= 11 is 17.4. The molecule has 586 valence electrons. The van der Waals surface area contributed by atoms with E-state index in [-0.39, 0.29) is 85.8 Å². The van der Waals surface area contributed by atoms with Gasteiger partial charge in [0.2, 0.25) is 0 Å². The van der Waals surface area contributed by atoms with Gasteiger partial charge in [0.15, 0.2) is 34.6 Å². The Labute approximate surface area is 643 Å². The molecule has 0 aliphatic carbocycles. The minimum atomic E-state index is -2.52. The van der Waals surface area contributed by atoms with Crippen molar-refractivity contribution in [2.45, 2.75) is 148 Å². The van der Waals surface area contributed by atoms with E-state index in [0.717, 1.165) is 24.3 Å². The lowest BCUT2D eigenvalue weighted by atomic mass is 9.71. The van der Waals surface area contributed by atoms with Gasteiger partial charge in [-0.3, -0.25) is 33.6 Å². The van der Waals surface area contributed by atoms with E-state index in [2.05, 4.69) is 0 Å². The summed E-state index contributed by atoms with van der Waals surface area (Å²) < 4.78 is 93.8. The number of benzene rings is 6. The van der Waals surface area contributed by atoms with E-state index in [9.17, 15) is 82.8 Å². The van der Waals surface area contributed by atoms with E-state index < -0.39 is 191 Å². The highest BCUT2D eigenvalue weighted by Gasteiger charge is 2.54. The molecule has 6 aromatic rings. The van der Waals surface area contributed by atoms with E-state index in [0.29, 0.717) is 35.0 Å². The molecule has 3 saturated heterocycles. The lowest BCUT2D eigenvalue weighted by Gasteiger charge is -2.46. The summed E-state index contributed by atoms with van der Waals surface area (Å²) in [6.45, 7) is 16.9. The molecule has 0 bridgehead atoms. The number of carbonyl (C=O) groups is 13. The first-order valence-corrected chi connectivity index (χ1v) is 35.5. The molecule has 3 heterocycles. The lowest BCUT2D eigenvalue weighted by molar-refractivity contribution is -0.137. The maximum Gasteiger partial charge on any atom is 0.410 e. The van der Waals surface area contributed by atoms with Crippen molar-refractivity contribution in [2.24, 2.45) is 5.92 Å². The molecule has 0 spiro atoms. The Hall–Kier alpha value is -10.3. The number of likely N-dealkylation sites (tertiary alicyclic amines) is 3. The van der Waals surface area contributed by atoms with Crippen LogP contribution in [0.4, 0.5) is 36.3 Å². The van der Waals surface area contributed by atoms with Crippen LogP contribution in [0.25, 0.3) is 0 Å². The van der Waals surface area contributed by atoms with Gasteiger partial charge in [-0.2, -0.15) is 0 Å². The fourth-order valence-corrected chi connectivity index (χ4v) is 12.7. The standard InChI is InChI=1S/C28H30ClF2NO7.C26H24ClF2NO7.C25H25ClFNO6/c1-5-28(38,27(31)10-12-32(13-11-27)25(37)39-26(2,3)4)17-14-19(23(34)24(35)36)21(20(30)15-17)22(33)16-6-8-18(29)9-7-16;1-25(2,3)37-24(36)30-10-8-26(29,9-11-30)22(33)15-12-17(21(32)23(34)35)19(18(28)13-15)20(31)14-4-6-16(27)7-5-14;1-25(2,3)34-24(33)28-10-8-15(9-11-28)21(29)16-12-18(23(31)32)20(19(27)13-16)22(30)14-4-6-17(26)7-5-14/h6-9,14-15,38H,5,10-13H2,1-4H3,(H,35,36);4-7,12-13H,8-11H2,1-3H3,(H,34,35);4-7,12-13,15H,8-11H2,1-3H3,(H,31,32). The zero-order valence-corrected chi connectivity index (χ0v) is 63.6. The number of ether oxygens (including phenoxy) is 3. The van der Waals surface area contributed by atoms with Crippen molar-refractivity contribution >= 4 is 111 Å². The van der Waals surface area contributed by atoms with Crippen LogP contribution in [-0.2, 0) is 29.4 Å². The van der Waals surface area contributed by atoms with Gasteiger partial charge in [-0.05, 0) is 196 Å². The molecule has 1 atom stereocenters. The second kappa shape index (κ2) is 34.7. The van der Waals surface area contributed by atoms with Gasteiger partial charge in [0.1, 0.15) is 45.5 Å². The van der Waals surface area contributed by atoms with Crippen LogP contribution in [0.2, 0.25) is 15.1 Å². The third-order valence-corrected chi connectivity index (χ3v) is 18.8. The van der Waals surface area contributed by atoms with Crippen LogP contribution in [0.5, 0.6) is 0 Å². The smallest absolute Gasteiger partial charge is 0.410 e. The summed E-state index contributed by atoms with van der Waals surface area (Å²) in [4.78, 5) is 166. The third-order valence-electron chi connectivity index (χ3n) is 18.0. The summed E-state index contributed by atoms with van der Waals surface area (Å²) in [5.41, 5.74) is -15.2. The fourth-order valence-electron chi connectivity index (χ4n) is 12.3. The molecule has 9 rings (SSSR count). The number of hydrogen-bond acceptors (Lipinski definition) is 17. The van der Waals surface area contributed by atoms with Crippen LogP contribution in [-0.4, -0.2) is 179 Å². The Bertz CT molecular complexity index is 4630. The average Bonchev–Trinajstić information content (AvgIpc) is 0.745. The normalized spacial score (nSPS) is 15.5. The van der Waals surface area contributed by atoms with Gasteiger partial charge >= 0.3 is 36.2 Å². The molecule has 23 nitrogen and oxygen atoms in total. The molecule has 110 heavy (non-hydrogen) atoms. The Balaban J connectivity index is 0.000000230. The van der Waals surface area contributed by atoms with E-state index in [1.807, 2.05) is 0 Å². The fraction of sp³-hybridized carbons (Fsp3) is 0.380. The van der Waals surface area contributed by atoms with Crippen LogP contribution < -0.4 is 0 Å². The van der Waals surface area contributed by atoms with Crippen molar-refractivity contribution in [3.63, 3.8) is 0 Å². The topological polar surface area (TPSA) is 340 Å². The minimum Gasteiger partial charge on any atom is -0.478 e. The maximum absolute atomic E-state index is 16.4. The van der Waals surface area contributed by atoms with E-state index in [1.165, 1.54) is 94.4 Å². The van der Waals surface area contributed by atoms with Crippen molar-refractivity contribution in [1.82, 2.24) is 14.7 Å². The summed E-state index contributed by atoms with van der Waals surface area (Å²) in [6, 6.07) is 21.0. The van der Waals surface area contributed by atoms with Crippen molar-refractivity contribution in [1.29, 1.82) is 0 Å². The molecular formula is C79H79Cl3F5N3O20. The number of piperidine rings is 3. The van der Waals surface area contributed by atoms with Crippen LogP contribution in [0.15, 0.2) is 109 Å². The minimum absolute atomic E-state index is 0.0623. The first-order valence-electron chi connectivity index (χ1n) is 34.4. The van der Waals surface area contributed by atoms with Gasteiger partial charge in [0.25, 0.3) is 11.6 Å². The monoisotopic (exact) mass is 1590 g/mol. The first-order chi connectivity index (χ1) is 51.0. The molecule has 3 fully saturated rings. The van der Waals surface area contributed by atoms with Gasteiger partial charge in [0.05, 0.1) is 22.3 Å². The number of aromatic carboxylic acids is 1. The zero-order chi connectivity index (χ0) is 82.2. The summed E-state index contributed by atoms with van der Waals surface area (Å²) in [5.74, 6) is -17.4. The van der Waals surface area contributed by atoms with E-state index >= 15 is 22.0 Å². The highest BCUT2D eigenvalue weighted by molar-refractivity contribution is 6.42. The molecule has 0 saturated carbocycles. The van der Waals surface area contributed by atoms with Gasteiger partial charge in [-0.15, -0.1) is 0 Å². The number of hydrogen-bond donors (Lipinski definition) is 4. The Morgan fingerprint density at radius 3 is 1.11 bits per heavy atom. The molecule has 31 heteroatoms. The molecule has 6 aromatic carbocycles. The highest BCUT2D eigenvalue weighted by atomic mass is 35.5. The summed E-state index contributed by atoms with van der Waals surface area (Å²) in [7, 11) is 0. The maximum atomic E-state index is 16.4. The van der Waals surface area contributed by atoms with Gasteiger partial charge in [0, 0.05) is 125 Å². The number of halogens is 8. The van der Waals surface area contributed by atoms with Crippen molar-refractivity contribution < 1.29 is 119 Å². The predicted molar refractivity (Wildman–Crippen MR) is 390 cm³/mol. The van der Waals surface area contributed by atoms with Crippen LogP contribution in [0.3, 0.4) is 0 Å². The number of carboxylic acids is 3. The highest BCUT2D eigenvalue weighted by Crippen LogP contribution is 2.47. The van der Waals surface area contributed by atoms with Crippen LogP contribution in [0, 0.1) is 23.4 Å². The van der Waals surface area contributed by atoms with Crippen molar-refractivity contribution in [3.05, 3.63) is 208 Å². The second-order valence-corrected chi connectivity index (χ2v) is 30.5. The molecule has 1 unspecified atom stereocenters. The Morgan fingerprint density at radius 2 is 0.764 bits per heavy atom. The number of amides is 3. The number of aliphatic hydroxyl groups is 1. The number of alkyl halides is 2. The number of aliphatic carboxylic acids is 2. The predicted octanol–water partition coefficient (Wildman–Crippen LogP) is 15.5. The molecule has 3 aliphatic rings. The van der Waals surface area contributed by atoms with Crippen molar-refractivity contribution in [2.75, 3.05) is 39.3 Å².